The highest BCUT2D eigenvalue weighted by molar-refractivity contribution is 5.95. The molecule has 1 saturated heterocycles. The van der Waals surface area contributed by atoms with E-state index in [1.807, 2.05) is 54.6 Å². The van der Waals surface area contributed by atoms with Crippen molar-refractivity contribution in [3.05, 3.63) is 119 Å². The molecule has 4 aromatic carbocycles. The molecule has 1 aliphatic heterocycles. The summed E-state index contributed by atoms with van der Waals surface area (Å²) in [7, 11) is 0. The highest BCUT2D eigenvalue weighted by atomic mass is 16.4. The van der Waals surface area contributed by atoms with E-state index in [-0.39, 0.29) is 30.7 Å². The van der Waals surface area contributed by atoms with Gasteiger partial charge in [-0.3, -0.25) is 14.4 Å². The molecule has 2 heterocycles. The van der Waals surface area contributed by atoms with Gasteiger partial charge >= 0.3 is 5.97 Å². The second-order valence-electron chi connectivity index (χ2n) is 10.9. The normalized spacial score (nSPS) is 16.2. The summed E-state index contributed by atoms with van der Waals surface area (Å²) in [6.07, 6.45) is 1.02. The lowest BCUT2D eigenvalue weighted by molar-refractivity contribution is -0.141. The van der Waals surface area contributed by atoms with Crippen LogP contribution >= 0.6 is 0 Å². The number of para-hydroxylation sites is 1. The first-order valence-electron chi connectivity index (χ1n) is 14.6. The van der Waals surface area contributed by atoms with Crippen LogP contribution in [0, 0.1) is 5.92 Å². The number of carbonyl (C=O) groups is 3. The molecule has 3 N–H and O–H groups in total. The minimum atomic E-state index is -0.937. The lowest BCUT2D eigenvalue weighted by Gasteiger charge is -2.17. The third-order valence-corrected chi connectivity index (χ3v) is 8.03. The maximum atomic E-state index is 13.0. The van der Waals surface area contributed by atoms with Gasteiger partial charge in [-0.1, -0.05) is 61.5 Å². The van der Waals surface area contributed by atoms with Crippen LogP contribution in [0.25, 0.3) is 11.1 Å². The summed E-state index contributed by atoms with van der Waals surface area (Å²) >= 11 is 0. The number of likely N-dealkylation sites (tertiary alicyclic amines) is 1. The van der Waals surface area contributed by atoms with E-state index >= 15 is 0 Å². The minimum absolute atomic E-state index is 0.139. The topological polar surface area (TPSA) is 125 Å². The summed E-state index contributed by atoms with van der Waals surface area (Å²) in [5, 5.41) is 16.0. The maximum absolute atomic E-state index is 13.0. The van der Waals surface area contributed by atoms with Crippen LogP contribution in [0.4, 0.5) is 17.4 Å². The van der Waals surface area contributed by atoms with Crippen molar-refractivity contribution in [2.24, 2.45) is 5.92 Å². The highest BCUT2D eigenvalue weighted by Crippen LogP contribution is 2.34. The number of rotatable bonds is 9. The first-order chi connectivity index (χ1) is 21.4. The molecule has 222 valence electrons. The molecule has 0 spiro atoms. The zero-order chi connectivity index (χ0) is 30.6. The van der Waals surface area contributed by atoms with Gasteiger partial charge in [0.1, 0.15) is 5.52 Å². The van der Waals surface area contributed by atoms with E-state index < -0.39 is 11.9 Å². The molecule has 0 bridgehead atoms. The minimum Gasteiger partial charge on any atom is -0.481 e. The molecule has 0 aliphatic carbocycles. The number of aromatic nitrogens is 1. The van der Waals surface area contributed by atoms with Crippen LogP contribution in [0.3, 0.4) is 0 Å². The Labute approximate surface area is 254 Å². The molecular weight excluding hydrogens is 556 g/mol. The highest BCUT2D eigenvalue weighted by Gasteiger charge is 2.40. The Hall–Kier alpha value is -5.44. The van der Waals surface area contributed by atoms with Crippen molar-refractivity contribution in [2.45, 2.75) is 25.7 Å². The molecule has 9 nitrogen and oxygen atoms in total. The van der Waals surface area contributed by atoms with Gasteiger partial charge in [-0.25, -0.2) is 0 Å². The van der Waals surface area contributed by atoms with Crippen molar-refractivity contribution in [3.8, 4) is 0 Å². The van der Waals surface area contributed by atoms with Crippen LogP contribution < -0.4 is 10.6 Å². The largest absolute Gasteiger partial charge is 0.481 e. The standard InChI is InChI=1S/C35H32N4O5/c1-2-23-8-6-7-11-29(23)37-35-38-30-17-12-22(18-31(30)44-35)19-32(40)36-26-15-13-24(14-16-26)27-20-39(21-28(27)34(42)43)33(41)25-9-4-3-5-10-25/h3-18,27-28H,2,19-21H2,1H3,(H,36,40)(H,37,38)(H,42,43). The summed E-state index contributed by atoms with van der Waals surface area (Å²) in [5.41, 5.74) is 6.09. The van der Waals surface area contributed by atoms with Crippen LogP contribution in [-0.2, 0) is 22.4 Å². The van der Waals surface area contributed by atoms with Gasteiger partial charge in [-0.05, 0) is 65.6 Å². The lowest BCUT2D eigenvalue weighted by Crippen LogP contribution is -2.29. The molecule has 2 unspecified atom stereocenters. The zero-order valence-electron chi connectivity index (χ0n) is 24.2. The van der Waals surface area contributed by atoms with E-state index in [9.17, 15) is 19.5 Å². The Bertz CT molecular complexity index is 1820. The number of oxazole rings is 1. The third kappa shape index (κ3) is 6.17. The summed E-state index contributed by atoms with van der Waals surface area (Å²) in [6.45, 7) is 2.54. The van der Waals surface area contributed by atoms with Gasteiger partial charge in [-0.2, -0.15) is 4.98 Å². The fourth-order valence-electron chi connectivity index (χ4n) is 5.72. The molecule has 2 amide bonds. The molecule has 5 aromatic rings. The van der Waals surface area contributed by atoms with E-state index in [0.717, 1.165) is 28.8 Å². The molecule has 2 atom stereocenters. The fraction of sp³-hybridized carbons (Fsp3) is 0.200. The van der Waals surface area contributed by atoms with Gasteiger partial charge < -0.3 is 25.1 Å². The Kier molecular flexibility index (Phi) is 8.10. The number of aryl methyl sites for hydroxylation is 1. The SMILES string of the molecule is CCc1ccccc1Nc1nc2ccc(CC(=O)Nc3ccc(C4CN(C(=O)c5ccccc5)CC4C(=O)O)cc3)cc2o1. The van der Waals surface area contributed by atoms with Gasteiger partial charge in [0, 0.05) is 35.9 Å². The van der Waals surface area contributed by atoms with E-state index in [0.29, 0.717) is 34.9 Å². The number of carboxylic acids is 1. The first-order valence-corrected chi connectivity index (χ1v) is 14.6. The molecule has 1 fully saturated rings. The molecule has 0 radical (unpaired) electrons. The van der Waals surface area contributed by atoms with E-state index in [1.54, 1.807) is 41.3 Å². The van der Waals surface area contributed by atoms with Crippen molar-refractivity contribution in [3.63, 3.8) is 0 Å². The number of nitrogens with zero attached hydrogens (tertiary/aromatic N) is 2. The van der Waals surface area contributed by atoms with Crippen LogP contribution in [0.15, 0.2) is 101 Å². The van der Waals surface area contributed by atoms with Crippen LogP contribution in [0.5, 0.6) is 0 Å². The molecule has 0 saturated carbocycles. The number of nitrogens with one attached hydrogen (secondary N) is 2. The number of carboxylic acid groups (broad SMARTS) is 1. The van der Waals surface area contributed by atoms with Crippen molar-refractivity contribution < 1.29 is 23.9 Å². The van der Waals surface area contributed by atoms with Gasteiger partial charge in [0.15, 0.2) is 5.58 Å². The van der Waals surface area contributed by atoms with E-state index in [2.05, 4.69) is 28.6 Å². The van der Waals surface area contributed by atoms with E-state index in [1.165, 1.54) is 0 Å². The Morgan fingerprint density at radius 1 is 0.932 bits per heavy atom. The second kappa shape index (κ2) is 12.4. The first kappa shape index (κ1) is 28.7. The second-order valence-corrected chi connectivity index (χ2v) is 10.9. The molecule has 9 heteroatoms. The molecular formula is C35H32N4O5. The Morgan fingerprint density at radius 2 is 1.68 bits per heavy atom. The van der Waals surface area contributed by atoms with Gasteiger partial charge in [-0.15, -0.1) is 0 Å². The number of fused-ring (bicyclic) bond motifs is 1. The number of carbonyl (C=O) groups excluding carboxylic acids is 2. The third-order valence-electron chi connectivity index (χ3n) is 8.03. The number of aliphatic carboxylic acids is 1. The average Bonchev–Trinajstić information content (AvgIpc) is 3.66. The summed E-state index contributed by atoms with van der Waals surface area (Å²) in [5.74, 6) is -2.38. The van der Waals surface area contributed by atoms with E-state index in [4.69, 9.17) is 4.42 Å². The zero-order valence-corrected chi connectivity index (χ0v) is 24.2. The van der Waals surface area contributed by atoms with Crippen molar-refractivity contribution >= 4 is 46.3 Å². The predicted octanol–water partition coefficient (Wildman–Crippen LogP) is 6.26. The van der Waals surface area contributed by atoms with Gasteiger partial charge in [0.2, 0.25) is 5.91 Å². The molecule has 1 aliphatic rings. The Morgan fingerprint density at radius 3 is 2.43 bits per heavy atom. The summed E-state index contributed by atoms with van der Waals surface area (Å²) in [6, 6.07) is 29.9. The van der Waals surface area contributed by atoms with Crippen molar-refractivity contribution in [1.29, 1.82) is 0 Å². The maximum Gasteiger partial charge on any atom is 0.308 e. The van der Waals surface area contributed by atoms with Crippen LogP contribution in [0.1, 0.15) is 39.9 Å². The summed E-state index contributed by atoms with van der Waals surface area (Å²) in [4.78, 5) is 44.0. The molecule has 1 aromatic heterocycles. The predicted molar refractivity (Wildman–Crippen MR) is 168 cm³/mol. The fourth-order valence-corrected chi connectivity index (χ4v) is 5.72. The number of hydrogen-bond acceptors (Lipinski definition) is 6. The average molecular weight is 589 g/mol. The van der Waals surface area contributed by atoms with Gasteiger partial charge in [0.05, 0.1) is 12.3 Å². The lowest BCUT2D eigenvalue weighted by atomic mass is 9.89. The van der Waals surface area contributed by atoms with Crippen LogP contribution in [-0.4, -0.2) is 45.9 Å². The number of benzene rings is 4. The molecule has 6 rings (SSSR count). The number of anilines is 3. The van der Waals surface area contributed by atoms with Crippen molar-refractivity contribution in [2.75, 3.05) is 23.7 Å². The number of amides is 2. The summed E-state index contributed by atoms with van der Waals surface area (Å²) < 4.78 is 5.93. The van der Waals surface area contributed by atoms with Gasteiger partial charge in [0.25, 0.3) is 11.9 Å². The van der Waals surface area contributed by atoms with Crippen molar-refractivity contribution in [1.82, 2.24) is 9.88 Å². The monoisotopic (exact) mass is 588 g/mol. The van der Waals surface area contributed by atoms with Crippen LogP contribution in [0.2, 0.25) is 0 Å². The smallest absolute Gasteiger partial charge is 0.308 e. The Balaban J connectivity index is 1.09. The number of hydrogen-bond donors (Lipinski definition) is 3. The quantitative estimate of drug-likeness (QED) is 0.186. The molecule has 44 heavy (non-hydrogen) atoms.